The highest BCUT2D eigenvalue weighted by atomic mass is 19.1. The van der Waals surface area contributed by atoms with E-state index in [1.807, 2.05) is 0 Å². The van der Waals surface area contributed by atoms with Gasteiger partial charge in [-0.15, -0.1) is 0 Å². The average molecular weight is 284 g/mol. The molecule has 0 heterocycles. The molecule has 1 fully saturated rings. The zero-order valence-electron chi connectivity index (χ0n) is 11.8. The fourth-order valence-electron chi connectivity index (χ4n) is 2.61. The average Bonchev–Trinajstić information content (AvgIpc) is 2.33. The lowest BCUT2D eigenvalue weighted by atomic mass is 9.90. The smallest absolute Gasteiger partial charge is 0.149 e. The lowest BCUT2D eigenvalue weighted by molar-refractivity contribution is 0.282. The largest absolute Gasteiger partial charge is 0.396 e. The Bertz CT molecular complexity index is 426. The normalized spacial score (nSPS) is 15.2. The van der Waals surface area contributed by atoms with Crippen molar-refractivity contribution < 1.29 is 13.9 Å². The summed E-state index contributed by atoms with van der Waals surface area (Å²) in [5.41, 5.74) is 0.657. The topological polar surface area (TPSA) is 35.5 Å². The van der Waals surface area contributed by atoms with Gasteiger partial charge < -0.3 is 15.3 Å². The zero-order chi connectivity index (χ0) is 14.5. The fourth-order valence-corrected chi connectivity index (χ4v) is 2.61. The van der Waals surface area contributed by atoms with E-state index in [0.29, 0.717) is 25.1 Å². The minimum Gasteiger partial charge on any atom is -0.396 e. The molecule has 0 radical (unpaired) electrons. The van der Waals surface area contributed by atoms with Crippen LogP contribution in [-0.2, 0) is 6.54 Å². The first kappa shape index (κ1) is 15.2. The van der Waals surface area contributed by atoms with E-state index in [9.17, 15) is 8.78 Å². The van der Waals surface area contributed by atoms with Crippen molar-refractivity contribution in [2.24, 2.45) is 0 Å². The predicted molar refractivity (Wildman–Crippen MR) is 75.8 cm³/mol. The standard InChI is InChI=1S/C15H22F2N2O/c1-18-10-11-8-13(16)15(14(17)9-11)19(6-3-7-20)12-4-2-5-12/h8-9,12,18,20H,2-7,10H2,1H3. The third kappa shape index (κ3) is 3.27. The van der Waals surface area contributed by atoms with Gasteiger partial charge in [-0.25, -0.2) is 8.78 Å². The van der Waals surface area contributed by atoms with Crippen molar-refractivity contribution in [3.63, 3.8) is 0 Å². The SMILES string of the molecule is CNCc1cc(F)c(N(CCCO)C2CCC2)c(F)c1. The molecule has 20 heavy (non-hydrogen) atoms. The van der Waals surface area contributed by atoms with E-state index in [1.54, 1.807) is 11.9 Å². The van der Waals surface area contributed by atoms with Gasteiger partial charge in [0.15, 0.2) is 0 Å². The Labute approximate surface area is 118 Å². The minimum atomic E-state index is -0.514. The molecule has 0 saturated heterocycles. The highest BCUT2D eigenvalue weighted by Crippen LogP contribution is 2.33. The third-order valence-electron chi connectivity index (χ3n) is 3.82. The molecule has 112 valence electrons. The Morgan fingerprint density at radius 3 is 2.40 bits per heavy atom. The molecule has 1 aromatic rings. The maximum Gasteiger partial charge on any atom is 0.149 e. The van der Waals surface area contributed by atoms with Crippen LogP contribution in [0.1, 0.15) is 31.2 Å². The van der Waals surface area contributed by atoms with E-state index in [2.05, 4.69) is 5.32 Å². The molecule has 0 unspecified atom stereocenters. The maximum absolute atomic E-state index is 14.3. The summed E-state index contributed by atoms with van der Waals surface area (Å²) in [6, 6.07) is 2.97. The summed E-state index contributed by atoms with van der Waals surface area (Å²) >= 11 is 0. The number of hydrogen-bond acceptors (Lipinski definition) is 3. The van der Waals surface area contributed by atoms with Crippen LogP contribution in [-0.4, -0.2) is 31.3 Å². The van der Waals surface area contributed by atoms with Gasteiger partial charge in [0.05, 0.1) is 0 Å². The molecule has 1 aromatic carbocycles. The minimum absolute atomic E-state index is 0.0320. The molecular weight excluding hydrogens is 262 g/mol. The summed E-state index contributed by atoms with van der Waals surface area (Å²) in [4.78, 5) is 1.79. The van der Waals surface area contributed by atoms with Crippen LogP contribution < -0.4 is 10.2 Å². The van der Waals surface area contributed by atoms with E-state index < -0.39 is 11.6 Å². The van der Waals surface area contributed by atoms with Crippen molar-refractivity contribution in [3.05, 3.63) is 29.3 Å². The van der Waals surface area contributed by atoms with Crippen LogP contribution in [0.15, 0.2) is 12.1 Å². The number of hydrogen-bond donors (Lipinski definition) is 2. The van der Waals surface area contributed by atoms with Crippen molar-refractivity contribution >= 4 is 5.69 Å². The molecular formula is C15H22F2N2O. The lowest BCUT2D eigenvalue weighted by Crippen LogP contribution is -2.42. The quantitative estimate of drug-likeness (QED) is 0.807. The van der Waals surface area contributed by atoms with Crippen molar-refractivity contribution in [1.82, 2.24) is 5.32 Å². The van der Waals surface area contributed by atoms with Gasteiger partial charge in [-0.3, -0.25) is 0 Å². The highest BCUT2D eigenvalue weighted by molar-refractivity contribution is 5.52. The Hall–Kier alpha value is -1.20. The number of anilines is 1. The Balaban J connectivity index is 2.26. The van der Waals surface area contributed by atoms with Crippen LogP contribution in [0, 0.1) is 11.6 Å². The molecule has 0 spiro atoms. The first-order valence-electron chi connectivity index (χ1n) is 7.17. The maximum atomic E-state index is 14.3. The number of halogens is 2. The number of aliphatic hydroxyl groups is 1. The van der Waals surface area contributed by atoms with Crippen LogP contribution in [0.2, 0.25) is 0 Å². The molecule has 2 rings (SSSR count). The first-order valence-corrected chi connectivity index (χ1v) is 7.17. The van der Waals surface area contributed by atoms with Gasteiger partial charge in [0, 0.05) is 25.7 Å². The summed E-state index contributed by atoms with van der Waals surface area (Å²) in [6.45, 7) is 0.957. The predicted octanol–water partition coefficient (Wildman–Crippen LogP) is 2.43. The van der Waals surface area contributed by atoms with Gasteiger partial charge in [-0.2, -0.15) is 0 Å². The van der Waals surface area contributed by atoms with Gasteiger partial charge in [0.2, 0.25) is 0 Å². The van der Waals surface area contributed by atoms with E-state index in [0.717, 1.165) is 19.3 Å². The summed E-state index contributed by atoms with van der Waals surface area (Å²) in [6.07, 6.45) is 3.54. The molecule has 0 aliphatic heterocycles. The molecule has 2 N–H and O–H groups in total. The number of nitrogens with one attached hydrogen (secondary N) is 1. The molecule has 0 bridgehead atoms. The second-order valence-electron chi connectivity index (χ2n) is 5.29. The Morgan fingerprint density at radius 1 is 1.30 bits per heavy atom. The number of nitrogens with zero attached hydrogens (tertiary/aromatic N) is 1. The van der Waals surface area contributed by atoms with Gasteiger partial charge >= 0.3 is 0 Å². The number of aliphatic hydroxyl groups excluding tert-OH is 1. The Kier molecular flexibility index (Phi) is 5.31. The molecule has 0 amide bonds. The molecule has 1 saturated carbocycles. The van der Waals surface area contributed by atoms with Crippen LogP contribution in [0.5, 0.6) is 0 Å². The third-order valence-corrected chi connectivity index (χ3v) is 3.82. The van der Waals surface area contributed by atoms with Gasteiger partial charge in [-0.05, 0) is 50.4 Å². The summed E-state index contributed by atoms with van der Waals surface area (Å²) in [5, 5.41) is 11.9. The highest BCUT2D eigenvalue weighted by Gasteiger charge is 2.28. The van der Waals surface area contributed by atoms with E-state index >= 15 is 0 Å². The molecule has 1 aliphatic carbocycles. The van der Waals surface area contributed by atoms with E-state index in [-0.39, 0.29) is 18.3 Å². The van der Waals surface area contributed by atoms with E-state index in [1.165, 1.54) is 12.1 Å². The summed E-state index contributed by atoms with van der Waals surface area (Å²) in [5.74, 6) is -1.03. The fraction of sp³-hybridized carbons (Fsp3) is 0.600. The lowest BCUT2D eigenvalue weighted by Gasteiger charge is -2.39. The van der Waals surface area contributed by atoms with Crippen molar-refractivity contribution in [3.8, 4) is 0 Å². The van der Waals surface area contributed by atoms with Crippen LogP contribution in [0.3, 0.4) is 0 Å². The molecule has 0 atom stereocenters. The molecule has 0 aromatic heterocycles. The van der Waals surface area contributed by atoms with Crippen LogP contribution >= 0.6 is 0 Å². The Morgan fingerprint density at radius 2 is 1.95 bits per heavy atom. The number of benzene rings is 1. The van der Waals surface area contributed by atoms with Crippen molar-refractivity contribution in [2.75, 3.05) is 25.1 Å². The monoisotopic (exact) mass is 284 g/mol. The molecule has 5 heteroatoms. The number of rotatable bonds is 7. The molecule has 1 aliphatic rings. The van der Waals surface area contributed by atoms with Gasteiger partial charge in [0.25, 0.3) is 0 Å². The zero-order valence-corrected chi connectivity index (χ0v) is 11.8. The van der Waals surface area contributed by atoms with Gasteiger partial charge in [0.1, 0.15) is 17.3 Å². The van der Waals surface area contributed by atoms with Crippen LogP contribution in [0.4, 0.5) is 14.5 Å². The second kappa shape index (κ2) is 6.99. The van der Waals surface area contributed by atoms with Gasteiger partial charge in [-0.1, -0.05) is 0 Å². The van der Waals surface area contributed by atoms with E-state index in [4.69, 9.17) is 5.11 Å². The summed E-state index contributed by atoms with van der Waals surface area (Å²) in [7, 11) is 1.74. The van der Waals surface area contributed by atoms with Crippen molar-refractivity contribution in [2.45, 2.75) is 38.3 Å². The molecule has 3 nitrogen and oxygen atoms in total. The second-order valence-corrected chi connectivity index (χ2v) is 5.29. The van der Waals surface area contributed by atoms with Crippen LogP contribution in [0.25, 0.3) is 0 Å². The first-order chi connectivity index (χ1) is 9.67. The summed E-state index contributed by atoms with van der Waals surface area (Å²) < 4.78 is 28.5. The van der Waals surface area contributed by atoms with Crippen molar-refractivity contribution in [1.29, 1.82) is 0 Å².